The van der Waals surface area contributed by atoms with Gasteiger partial charge in [0.2, 0.25) is 0 Å². The van der Waals surface area contributed by atoms with Crippen LogP contribution in [0.4, 0.5) is 5.69 Å². The number of anilines is 1. The van der Waals surface area contributed by atoms with Crippen molar-refractivity contribution in [1.29, 1.82) is 0 Å². The van der Waals surface area contributed by atoms with Crippen LogP contribution in [0.3, 0.4) is 0 Å². The van der Waals surface area contributed by atoms with E-state index in [1.54, 1.807) is 0 Å². The third-order valence-corrected chi connectivity index (χ3v) is 2.97. The summed E-state index contributed by atoms with van der Waals surface area (Å²) in [7, 11) is 0. The number of halogens is 2. The van der Waals surface area contributed by atoms with Crippen LogP contribution >= 0.6 is 23.2 Å². The number of benzene rings is 2. The molecule has 1 N–H and O–H groups in total. The Bertz CT molecular complexity index is 515. The maximum atomic E-state index is 5.83. The lowest BCUT2D eigenvalue weighted by Gasteiger charge is -2.08. The Morgan fingerprint density at radius 2 is 1.88 bits per heavy atom. The minimum atomic E-state index is 0.541. The molecule has 0 aliphatic rings. The highest BCUT2D eigenvalue weighted by Gasteiger charge is 1.99. The van der Waals surface area contributed by atoms with Crippen LogP contribution in [0.25, 0.3) is 10.8 Å². The Labute approximate surface area is 105 Å². The van der Waals surface area contributed by atoms with Crippen LogP contribution in [-0.4, -0.2) is 6.54 Å². The van der Waals surface area contributed by atoms with Crippen molar-refractivity contribution in [1.82, 2.24) is 0 Å². The molecule has 0 atom stereocenters. The van der Waals surface area contributed by atoms with Crippen molar-refractivity contribution in [2.45, 2.75) is 0 Å². The molecule has 0 amide bonds. The number of hydrogen-bond donors (Lipinski definition) is 1. The van der Waals surface area contributed by atoms with Gasteiger partial charge in [0.15, 0.2) is 0 Å². The molecule has 16 heavy (non-hydrogen) atoms. The van der Waals surface area contributed by atoms with Gasteiger partial charge < -0.3 is 5.32 Å². The molecular weight excluding hydrogens is 241 g/mol. The largest absolute Gasteiger partial charge is 0.380 e. The standard InChI is InChI=1S/C13H11Cl2N/c14-8-11(15)9-16-13-7-3-5-10-4-1-2-6-12(10)13/h1-8,16H,9H2. The van der Waals surface area contributed by atoms with Crippen molar-refractivity contribution >= 4 is 39.7 Å². The summed E-state index contributed by atoms with van der Waals surface area (Å²) in [6.45, 7) is 0.541. The molecule has 0 saturated carbocycles. The van der Waals surface area contributed by atoms with E-state index in [1.807, 2.05) is 24.3 Å². The third-order valence-electron chi connectivity index (χ3n) is 2.36. The average Bonchev–Trinajstić information content (AvgIpc) is 2.35. The van der Waals surface area contributed by atoms with Crippen molar-refractivity contribution < 1.29 is 0 Å². The van der Waals surface area contributed by atoms with E-state index in [9.17, 15) is 0 Å². The first kappa shape index (κ1) is 11.3. The quantitative estimate of drug-likeness (QED) is 0.843. The summed E-state index contributed by atoms with van der Waals surface area (Å²) in [4.78, 5) is 0. The van der Waals surface area contributed by atoms with Crippen molar-refractivity contribution in [2.24, 2.45) is 0 Å². The molecule has 82 valence electrons. The lowest BCUT2D eigenvalue weighted by atomic mass is 10.1. The Morgan fingerprint density at radius 1 is 1.12 bits per heavy atom. The third kappa shape index (κ3) is 2.49. The van der Waals surface area contributed by atoms with Crippen molar-refractivity contribution in [2.75, 3.05) is 11.9 Å². The molecule has 0 spiro atoms. The highest BCUT2D eigenvalue weighted by Crippen LogP contribution is 2.23. The zero-order valence-corrected chi connectivity index (χ0v) is 10.1. The van der Waals surface area contributed by atoms with E-state index in [0.29, 0.717) is 11.6 Å². The summed E-state index contributed by atoms with van der Waals surface area (Å²) in [5, 5.41) is 6.24. The van der Waals surface area contributed by atoms with Gasteiger partial charge in [0.05, 0.1) is 6.54 Å². The van der Waals surface area contributed by atoms with E-state index >= 15 is 0 Å². The lowest BCUT2D eigenvalue weighted by molar-refractivity contribution is 1.32. The van der Waals surface area contributed by atoms with Gasteiger partial charge >= 0.3 is 0 Å². The zero-order valence-electron chi connectivity index (χ0n) is 8.58. The molecule has 0 aromatic heterocycles. The molecule has 0 aliphatic carbocycles. The highest BCUT2D eigenvalue weighted by atomic mass is 35.5. The molecule has 0 unspecified atom stereocenters. The molecule has 1 nitrogen and oxygen atoms in total. The number of hydrogen-bond acceptors (Lipinski definition) is 1. The number of fused-ring (bicyclic) bond motifs is 1. The van der Waals surface area contributed by atoms with Crippen molar-refractivity contribution in [3.05, 3.63) is 53.0 Å². The summed E-state index contributed by atoms with van der Waals surface area (Å²) in [5.41, 5.74) is 2.44. The van der Waals surface area contributed by atoms with Gasteiger partial charge in [0, 0.05) is 21.6 Å². The highest BCUT2D eigenvalue weighted by molar-refractivity contribution is 6.36. The predicted octanol–water partition coefficient (Wildman–Crippen LogP) is 4.57. The lowest BCUT2D eigenvalue weighted by Crippen LogP contribution is -2.01. The van der Waals surface area contributed by atoms with Crippen molar-refractivity contribution in [3.63, 3.8) is 0 Å². The topological polar surface area (TPSA) is 12.0 Å². The molecule has 0 fully saturated rings. The minimum absolute atomic E-state index is 0.541. The number of rotatable bonds is 3. The van der Waals surface area contributed by atoms with Gasteiger partial charge in [-0.15, -0.1) is 0 Å². The monoisotopic (exact) mass is 251 g/mol. The Hall–Kier alpha value is -1.18. The predicted molar refractivity (Wildman–Crippen MR) is 72.2 cm³/mol. The maximum Gasteiger partial charge on any atom is 0.0516 e. The molecule has 2 rings (SSSR count). The molecule has 0 heterocycles. The van der Waals surface area contributed by atoms with Gasteiger partial charge in [0.25, 0.3) is 0 Å². The zero-order chi connectivity index (χ0) is 11.4. The van der Waals surface area contributed by atoms with Crippen LogP contribution < -0.4 is 5.32 Å². The molecule has 0 aliphatic heterocycles. The van der Waals surface area contributed by atoms with Crippen LogP contribution in [0, 0.1) is 0 Å². The summed E-state index contributed by atoms with van der Waals surface area (Å²) in [6.07, 6.45) is 0. The summed E-state index contributed by atoms with van der Waals surface area (Å²) < 4.78 is 0. The van der Waals surface area contributed by atoms with E-state index in [1.165, 1.54) is 16.3 Å². The first-order chi connectivity index (χ1) is 7.81. The molecule has 3 heteroatoms. The average molecular weight is 252 g/mol. The second-order valence-corrected chi connectivity index (χ2v) is 4.14. The van der Waals surface area contributed by atoms with Crippen LogP contribution in [0.2, 0.25) is 0 Å². The maximum absolute atomic E-state index is 5.83. The van der Waals surface area contributed by atoms with Crippen LogP contribution in [-0.2, 0) is 0 Å². The minimum Gasteiger partial charge on any atom is -0.380 e. The Balaban J connectivity index is 2.30. The molecule has 2 aromatic carbocycles. The van der Waals surface area contributed by atoms with E-state index in [4.69, 9.17) is 23.2 Å². The first-order valence-corrected chi connectivity index (χ1v) is 5.79. The van der Waals surface area contributed by atoms with Gasteiger partial charge in [-0.2, -0.15) is 0 Å². The summed E-state index contributed by atoms with van der Waals surface area (Å²) in [6, 6.07) is 14.3. The molecule has 2 aromatic rings. The van der Waals surface area contributed by atoms with E-state index in [0.717, 1.165) is 5.69 Å². The summed E-state index contributed by atoms with van der Waals surface area (Å²) >= 11 is 11.3. The number of nitrogens with one attached hydrogen (secondary N) is 1. The second kappa shape index (κ2) is 5.24. The molecule has 0 radical (unpaired) electrons. The Morgan fingerprint density at radius 3 is 2.69 bits per heavy atom. The van der Waals surface area contributed by atoms with Gasteiger partial charge in [0.1, 0.15) is 0 Å². The first-order valence-electron chi connectivity index (χ1n) is 4.97. The van der Waals surface area contributed by atoms with Gasteiger partial charge in [-0.1, -0.05) is 59.6 Å². The normalized spacial score (nSPS) is 11.8. The van der Waals surface area contributed by atoms with Crippen molar-refractivity contribution in [3.8, 4) is 0 Å². The Kier molecular flexibility index (Phi) is 3.70. The van der Waals surface area contributed by atoms with E-state index in [2.05, 4.69) is 23.5 Å². The molecular formula is C13H11Cl2N. The van der Waals surface area contributed by atoms with Crippen LogP contribution in [0.15, 0.2) is 53.0 Å². The van der Waals surface area contributed by atoms with Gasteiger partial charge in [-0.3, -0.25) is 0 Å². The van der Waals surface area contributed by atoms with Crippen LogP contribution in [0.5, 0.6) is 0 Å². The van der Waals surface area contributed by atoms with Crippen LogP contribution in [0.1, 0.15) is 0 Å². The summed E-state index contributed by atoms with van der Waals surface area (Å²) in [5.74, 6) is 0. The molecule has 0 saturated heterocycles. The smallest absolute Gasteiger partial charge is 0.0516 e. The second-order valence-electron chi connectivity index (χ2n) is 3.44. The van der Waals surface area contributed by atoms with E-state index in [-0.39, 0.29) is 0 Å². The SMILES string of the molecule is ClC=C(Cl)CNc1cccc2ccccc12. The van der Waals surface area contributed by atoms with E-state index < -0.39 is 0 Å². The fraction of sp³-hybridized carbons (Fsp3) is 0.0769. The fourth-order valence-electron chi connectivity index (χ4n) is 1.60. The van der Waals surface area contributed by atoms with Gasteiger partial charge in [-0.05, 0) is 11.5 Å². The fourth-order valence-corrected chi connectivity index (χ4v) is 1.74. The van der Waals surface area contributed by atoms with Gasteiger partial charge in [-0.25, -0.2) is 0 Å². The molecule has 0 bridgehead atoms.